The van der Waals surface area contributed by atoms with Gasteiger partial charge in [-0.3, -0.25) is 15.2 Å². The lowest BCUT2D eigenvalue weighted by molar-refractivity contribution is -0.168. The van der Waals surface area contributed by atoms with E-state index in [9.17, 15) is 18.0 Å². The maximum Gasteiger partial charge on any atom is 0.393 e. The fourth-order valence-electron chi connectivity index (χ4n) is 4.87. The van der Waals surface area contributed by atoms with Crippen LogP contribution in [0.5, 0.6) is 0 Å². The van der Waals surface area contributed by atoms with E-state index in [1.54, 1.807) is 9.80 Å². The van der Waals surface area contributed by atoms with Crippen LogP contribution in [0.3, 0.4) is 0 Å². The molecule has 2 amide bonds. The summed E-state index contributed by atoms with van der Waals surface area (Å²) in [5, 5.41) is 2.80. The summed E-state index contributed by atoms with van der Waals surface area (Å²) in [4.78, 5) is 31.9. The third kappa shape index (κ3) is 5.16. The van der Waals surface area contributed by atoms with E-state index in [0.717, 1.165) is 29.9 Å². The molecule has 0 bridgehead atoms. The molecule has 1 saturated heterocycles. The second kappa shape index (κ2) is 9.87. The molecular formula is C26H28F3N7O. The number of anilines is 4. The summed E-state index contributed by atoms with van der Waals surface area (Å²) in [5.41, 5.74) is 2.94. The van der Waals surface area contributed by atoms with Gasteiger partial charge in [-0.1, -0.05) is 12.1 Å². The fourth-order valence-corrected chi connectivity index (χ4v) is 4.87. The van der Waals surface area contributed by atoms with Gasteiger partial charge in [-0.25, -0.2) is 14.8 Å². The summed E-state index contributed by atoms with van der Waals surface area (Å²) >= 11 is 0. The molecule has 1 fully saturated rings. The highest BCUT2D eigenvalue weighted by molar-refractivity contribution is 6.03. The van der Waals surface area contributed by atoms with Gasteiger partial charge in [0.15, 0.2) is 11.6 Å². The monoisotopic (exact) mass is 511 g/mol. The number of nitrogens with one attached hydrogen (secondary N) is 1. The van der Waals surface area contributed by atoms with E-state index in [2.05, 4.69) is 20.2 Å². The van der Waals surface area contributed by atoms with Crippen molar-refractivity contribution < 1.29 is 18.0 Å². The molecule has 2 aromatic heterocycles. The van der Waals surface area contributed by atoms with E-state index in [1.807, 2.05) is 50.4 Å². The maximum absolute atomic E-state index is 13.4. The van der Waals surface area contributed by atoms with Crippen molar-refractivity contribution in [3.05, 3.63) is 55.0 Å². The van der Waals surface area contributed by atoms with E-state index in [1.165, 1.54) is 18.6 Å². The van der Waals surface area contributed by atoms with Crippen LogP contribution < -0.4 is 20.0 Å². The van der Waals surface area contributed by atoms with E-state index < -0.39 is 12.1 Å². The van der Waals surface area contributed by atoms with Gasteiger partial charge < -0.3 is 9.80 Å². The van der Waals surface area contributed by atoms with Crippen LogP contribution >= 0.6 is 0 Å². The van der Waals surface area contributed by atoms with E-state index >= 15 is 0 Å². The highest BCUT2D eigenvalue weighted by Gasteiger charge is 2.43. The SMILES string of the molecule is C[C@@H]1CCN(C)c2ccc(-c3cccc(N4CCC(C(F)(F)F)C4)c3)nc2N1C(=O)Nc1cnccn1. The van der Waals surface area contributed by atoms with Crippen LogP contribution in [0.2, 0.25) is 0 Å². The molecule has 8 nitrogen and oxygen atoms in total. The number of urea groups is 1. The van der Waals surface area contributed by atoms with Crippen molar-refractivity contribution in [2.45, 2.75) is 32.0 Å². The van der Waals surface area contributed by atoms with Gasteiger partial charge in [0.25, 0.3) is 0 Å². The van der Waals surface area contributed by atoms with Crippen LogP contribution in [0, 0.1) is 5.92 Å². The zero-order valence-electron chi connectivity index (χ0n) is 20.6. The predicted molar refractivity (Wildman–Crippen MR) is 137 cm³/mol. The molecule has 37 heavy (non-hydrogen) atoms. The summed E-state index contributed by atoms with van der Waals surface area (Å²) in [5.74, 6) is -0.472. The maximum atomic E-state index is 13.4. The van der Waals surface area contributed by atoms with Crippen molar-refractivity contribution in [3.63, 3.8) is 0 Å². The molecule has 0 radical (unpaired) electrons. The standard InChI is InChI=1S/C26H28F3N7O/c1-17-8-12-34(2)22-7-6-21(32-24(22)36(17)25(37)33-23-15-30-10-11-31-23)18-4-3-5-20(14-18)35-13-9-19(16-35)26(27,28)29/h3-7,10-11,14-15,17,19H,8-9,12-13,16H2,1-2H3,(H,31,33,37)/t17-,19?/m1/s1. The molecule has 5 rings (SSSR count). The predicted octanol–water partition coefficient (Wildman–Crippen LogP) is 5.19. The fraction of sp³-hybridized carbons (Fsp3) is 0.385. The van der Waals surface area contributed by atoms with Crippen LogP contribution in [0.25, 0.3) is 11.3 Å². The lowest BCUT2D eigenvalue weighted by atomic mass is 10.1. The summed E-state index contributed by atoms with van der Waals surface area (Å²) in [6, 6.07) is 10.7. The molecule has 1 N–H and O–H groups in total. The minimum atomic E-state index is -4.19. The number of rotatable bonds is 3. The average molecular weight is 512 g/mol. The van der Waals surface area contributed by atoms with Crippen molar-refractivity contribution in [1.29, 1.82) is 0 Å². The molecular weight excluding hydrogens is 483 g/mol. The molecule has 2 aliphatic rings. The Morgan fingerprint density at radius 1 is 1.11 bits per heavy atom. The van der Waals surface area contributed by atoms with Crippen molar-refractivity contribution >= 4 is 29.0 Å². The quantitative estimate of drug-likeness (QED) is 0.521. The number of carbonyl (C=O) groups excluding carboxylic acids is 1. The van der Waals surface area contributed by atoms with Gasteiger partial charge in [0.05, 0.1) is 23.5 Å². The van der Waals surface area contributed by atoms with Crippen LogP contribution in [0.1, 0.15) is 19.8 Å². The smallest absolute Gasteiger partial charge is 0.372 e. The largest absolute Gasteiger partial charge is 0.393 e. The lowest BCUT2D eigenvalue weighted by Gasteiger charge is -2.28. The number of pyridine rings is 1. The minimum Gasteiger partial charge on any atom is -0.372 e. The molecule has 2 aliphatic heterocycles. The number of aromatic nitrogens is 3. The Kier molecular flexibility index (Phi) is 6.61. The Morgan fingerprint density at radius 2 is 1.95 bits per heavy atom. The number of nitrogens with zero attached hydrogens (tertiary/aromatic N) is 6. The van der Waals surface area contributed by atoms with Gasteiger partial charge in [-0.05, 0) is 44.0 Å². The number of carbonyl (C=O) groups is 1. The van der Waals surface area contributed by atoms with Gasteiger partial charge in [-0.15, -0.1) is 0 Å². The van der Waals surface area contributed by atoms with Crippen LogP contribution in [-0.2, 0) is 0 Å². The first-order chi connectivity index (χ1) is 17.7. The molecule has 1 unspecified atom stereocenters. The Bertz CT molecular complexity index is 1270. The number of fused-ring (bicyclic) bond motifs is 1. The number of amides is 2. The van der Waals surface area contributed by atoms with Gasteiger partial charge in [0.1, 0.15) is 0 Å². The van der Waals surface area contributed by atoms with Crippen molar-refractivity contribution in [2.75, 3.05) is 46.7 Å². The second-order valence-electron chi connectivity index (χ2n) is 9.51. The topological polar surface area (TPSA) is 77.5 Å². The first-order valence-corrected chi connectivity index (χ1v) is 12.2. The van der Waals surface area contributed by atoms with Crippen LogP contribution in [0.4, 0.5) is 41.0 Å². The highest BCUT2D eigenvalue weighted by Crippen LogP contribution is 2.38. The Morgan fingerprint density at radius 3 is 2.68 bits per heavy atom. The van der Waals surface area contributed by atoms with Crippen LogP contribution in [0.15, 0.2) is 55.0 Å². The Labute approximate surface area is 213 Å². The molecule has 0 aliphatic carbocycles. The summed E-state index contributed by atoms with van der Waals surface area (Å²) in [7, 11) is 1.96. The zero-order chi connectivity index (χ0) is 26.2. The molecule has 11 heteroatoms. The van der Waals surface area contributed by atoms with Crippen molar-refractivity contribution in [3.8, 4) is 11.3 Å². The van der Waals surface area contributed by atoms with E-state index in [4.69, 9.17) is 4.98 Å². The minimum absolute atomic E-state index is 0.0524. The molecule has 0 spiro atoms. The molecule has 3 aromatic rings. The number of benzene rings is 1. The Hall–Kier alpha value is -3.89. The summed E-state index contributed by atoms with van der Waals surface area (Å²) in [6.45, 7) is 3.01. The van der Waals surface area contributed by atoms with E-state index in [0.29, 0.717) is 23.9 Å². The highest BCUT2D eigenvalue weighted by atomic mass is 19.4. The first kappa shape index (κ1) is 24.8. The van der Waals surface area contributed by atoms with Gasteiger partial charge in [0.2, 0.25) is 0 Å². The van der Waals surface area contributed by atoms with Crippen molar-refractivity contribution in [1.82, 2.24) is 15.0 Å². The zero-order valence-corrected chi connectivity index (χ0v) is 20.6. The van der Waals surface area contributed by atoms with Gasteiger partial charge in [-0.2, -0.15) is 13.2 Å². The molecule has 2 atom stereocenters. The number of halogens is 3. The number of hydrogen-bond acceptors (Lipinski definition) is 6. The summed E-state index contributed by atoms with van der Waals surface area (Å²) in [6.07, 6.45) is 1.14. The van der Waals surface area contributed by atoms with Gasteiger partial charge in [0, 0.05) is 56.4 Å². The second-order valence-corrected chi connectivity index (χ2v) is 9.51. The number of alkyl halides is 3. The normalized spacial score (nSPS) is 20.0. The molecule has 1 aromatic carbocycles. The molecule has 0 saturated carbocycles. The number of hydrogen-bond donors (Lipinski definition) is 1. The summed E-state index contributed by atoms with van der Waals surface area (Å²) < 4.78 is 39.6. The van der Waals surface area contributed by atoms with Crippen LogP contribution in [-0.4, -0.2) is 59.9 Å². The lowest BCUT2D eigenvalue weighted by Crippen LogP contribution is -2.42. The third-order valence-corrected chi connectivity index (χ3v) is 6.99. The molecule has 194 valence electrons. The first-order valence-electron chi connectivity index (χ1n) is 12.2. The van der Waals surface area contributed by atoms with E-state index in [-0.39, 0.29) is 25.0 Å². The van der Waals surface area contributed by atoms with Crippen molar-refractivity contribution in [2.24, 2.45) is 5.92 Å². The Balaban J connectivity index is 1.47. The third-order valence-electron chi connectivity index (χ3n) is 6.99. The molecule has 4 heterocycles. The average Bonchev–Trinajstić information content (AvgIpc) is 3.35. The van der Waals surface area contributed by atoms with Gasteiger partial charge >= 0.3 is 12.2 Å².